The number of carboxylic acids is 1. The van der Waals surface area contributed by atoms with Crippen LogP contribution >= 0.6 is 0 Å². The topological polar surface area (TPSA) is 522 Å². The second-order valence-electron chi connectivity index (χ2n) is 16.9. The van der Waals surface area contributed by atoms with Crippen LogP contribution < -0.4 is 10.6 Å². The Balaban J connectivity index is 1.61. The van der Waals surface area contributed by atoms with E-state index in [2.05, 4.69) is 10.6 Å². The molecule has 5 heterocycles. The number of rotatable bonds is 19. The van der Waals surface area contributed by atoms with Gasteiger partial charge in [-0.05, 0) is 0 Å². The predicted octanol–water partition coefficient (Wildman–Crippen LogP) is -13.5. The first kappa shape index (κ1) is 57.3. The Morgan fingerprint density at radius 1 is 0.594 bits per heavy atom. The molecule has 0 aliphatic carbocycles. The molecule has 0 spiro atoms. The molecule has 0 aromatic rings. The van der Waals surface area contributed by atoms with E-state index in [4.69, 9.17) is 42.6 Å². The van der Waals surface area contributed by atoms with Crippen molar-refractivity contribution in [3.8, 4) is 0 Å². The summed E-state index contributed by atoms with van der Waals surface area (Å²) in [6, 6.07) is -3.77. The first-order valence-corrected chi connectivity index (χ1v) is 21.4. The zero-order valence-corrected chi connectivity index (χ0v) is 36.3. The third kappa shape index (κ3) is 12.3. The molecule has 5 aliphatic rings. The molecule has 26 atom stereocenters. The zero-order valence-electron chi connectivity index (χ0n) is 36.3. The van der Waals surface area contributed by atoms with Crippen LogP contribution in [-0.2, 0) is 57.0 Å². The van der Waals surface area contributed by atoms with Crippen molar-refractivity contribution in [2.24, 2.45) is 0 Å². The minimum Gasteiger partial charge on any atom is -0.477 e. The van der Waals surface area contributed by atoms with E-state index in [9.17, 15) is 106 Å². The van der Waals surface area contributed by atoms with Crippen LogP contribution in [0.25, 0.3) is 0 Å². The van der Waals surface area contributed by atoms with Gasteiger partial charge in [-0.25, -0.2) is 4.79 Å². The molecule has 0 bridgehead atoms. The summed E-state index contributed by atoms with van der Waals surface area (Å²) >= 11 is 0. The standard InChI is InChI=1S/C37H62N2O30/c1-9(46)38-18-29(67-34-25(56)22(53)20(51)12(4-41)63-34)21(52)13(5-42)62-33(18)66-28-15(7-44)64-35(65-27-14(6-43)61-32(58)24(55)23(27)54)26(57)31(28)69-37(36(59)60)2-10(47)17(39-16(49)8-45)30(68-37)19(50)11(48)3-40/h10-15,17-35,40-45,47-48,50-58H,2-8H2,1H3,(H,38,46)(H,39,49)(H,59,60)/t10-,11+,12+,13+,14+,15+,17+,18+,19+,20-,21-,22-,23+,24+,25+,26+,27+,28-,29+,30+,31+,32+,33-,34-,35-,37-/m0/s1. The normalized spacial score (nSPS) is 46.1. The van der Waals surface area contributed by atoms with Crippen LogP contribution in [-0.4, -0.2) is 308 Å². The van der Waals surface area contributed by atoms with Gasteiger partial charge in [0.1, 0.15) is 123 Å². The number of hydrogen-bond acceptors (Lipinski definition) is 29. The molecule has 0 aromatic carbocycles. The predicted molar refractivity (Wildman–Crippen MR) is 208 cm³/mol. The maximum Gasteiger partial charge on any atom is 0.364 e. The van der Waals surface area contributed by atoms with E-state index >= 15 is 0 Å². The number of aliphatic hydroxyl groups is 17. The van der Waals surface area contributed by atoms with Crippen molar-refractivity contribution in [3.05, 3.63) is 0 Å². The summed E-state index contributed by atoms with van der Waals surface area (Å²) in [6.07, 6.45) is -49.3. The molecule has 2 amide bonds. The van der Waals surface area contributed by atoms with E-state index < -0.39 is 223 Å². The van der Waals surface area contributed by atoms with E-state index in [0.29, 0.717) is 0 Å². The molecule has 0 aromatic heterocycles. The lowest BCUT2D eigenvalue weighted by molar-refractivity contribution is -0.402. The highest BCUT2D eigenvalue weighted by Gasteiger charge is 2.62. The Morgan fingerprint density at radius 2 is 1.13 bits per heavy atom. The molecule has 400 valence electrons. The Hall–Kier alpha value is -2.63. The number of carboxylic acid groups (broad SMARTS) is 1. The Kier molecular flexibility index (Phi) is 20.2. The number of carbonyl (C=O) groups excluding carboxylic acids is 2. The summed E-state index contributed by atoms with van der Waals surface area (Å²) in [5.41, 5.74) is 0. The fourth-order valence-corrected chi connectivity index (χ4v) is 8.53. The molecule has 5 aliphatic heterocycles. The summed E-state index contributed by atoms with van der Waals surface area (Å²) in [4.78, 5) is 38.4. The van der Waals surface area contributed by atoms with Crippen LogP contribution in [0.15, 0.2) is 0 Å². The van der Waals surface area contributed by atoms with Gasteiger partial charge in [0.15, 0.2) is 25.2 Å². The van der Waals surface area contributed by atoms with Crippen LogP contribution in [0.1, 0.15) is 13.3 Å². The van der Waals surface area contributed by atoms with Gasteiger partial charge in [0.2, 0.25) is 11.8 Å². The molecule has 69 heavy (non-hydrogen) atoms. The number of amides is 2. The van der Waals surface area contributed by atoms with E-state index in [1.807, 2.05) is 0 Å². The summed E-state index contributed by atoms with van der Waals surface area (Å²) in [5, 5.41) is 194. The molecular formula is C37H62N2O30. The van der Waals surface area contributed by atoms with Crippen molar-refractivity contribution in [1.82, 2.24) is 10.6 Å². The number of nitrogens with one attached hydrogen (secondary N) is 2. The smallest absolute Gasteiger partial charge is 0.364 e. The van der Waals surface area contributed by atoms with Crippen molar-refractivity contribution >= 4 is 17.8 Å². The maximum atomic E-state index is 13.4. The molecule has 5 fully saturated rings. The molecule has 0 saturated carbocycles. The van der Waals surface area contributed by atoms with Crippen molar-refractivity contribution in [1.29, 1.82) is 0 Å². The number of hydrogen-bond donors (Lipinski definition) is 20. The Labute approximate surface area is 389 Å². The first-order chi connectivity index (χ1) is 32.5. The second kappa shape index (κ2) is 24.4. The van der Waals surface area contributed by atoms with Gasteiger partial charge in [-0.2, -0.15) is 0 Å². The van der Waals surface area contributed by atoms with Gasteiger partial charge in [-0.3, -0.25) is 9.59 Å². The van der Waals surface area contributed by atoms with E-state index in [0.717, 1.165) is 6.92 Å². The third-order valence-corrected chi connectivity index (χ3v) is 12.2. The average Bonchev–Trinajstić information content (AvgIpc) is 3.32. The minimum absolute atomic E-state index is 0.930. The van der Waals surface area contributed by atoms with E-state index in [1.54, 1.807) is 0 Å². The summed E-state index contributed by atoms with van der Waals surface area (Å²) in [6.45, 7) is -5.79. The second-order valence-corrected chi connectivity index (χ2v) is 16.9. The highest BCUT2D eigenvalue weighted by Crippen LogP contribution is 2.40. The molecule has 0 radical (unpaired) electrons. The summed E-state index contributed by atoms with van der Waals surface area (Å²) < 4.78 is 51.5. The largest absolute Gasteiger partial charge is 0.477 e. The van der Waals surface area contributed by atoms with Gasteiger partial charge >= 0.3 is 5.97 Å². The van der Waals surface area contributed by atoms with Gasteiger partial charge in [-0.15, -0.1) is 0 Å². The molecule has 32 heteroatoms. The van der Waals surface area contributed by atoms with Crippen molar-refractivity contribution in [2.75, 3.05) is 39.6 Å². The van der Waals surface area contributed by atoms with E-state index in [-0.39, 0.29) is 0 Å². The Bertz CT molecular complexity index is 1670. The van der Waals surface area contributed by atoms with Crippen molar-refractivity contribution < 1.29 is 149 Å². The first-order valence-electron chi connectivity index (χ1n) is 21.4. The van der Waals surface area contributed by atoms with Gasteiger partial charge in [-0.1, -0.05) is 0 Å². The highest BCUT2D eigenvalue weighted by atomic mass is 16.8. The maximum absolute atomic E-state index is 13.4. The van der Waals surface area contributed by atoms with Gasteiger partial charge in [0.25, 0.3) is 5.79 Å². The highest BCUT2D eigenvalue weighted by molar-refractivity contribution is 5.78. The Morgan fingerprint density at radius 3 is 1.70 bits per heavy atom. The lowest BCUT2D eigenvalue weighted by atomic mass is 9.88. The SMILES string of the molecule is CC(=O)N[C@H]1[C@H](O[C@@H]2[C@H](O[C@]3(C(=O)O)C[C@H](O)[C@@H](NC(=O)CO)[C@H]([C@H](O)[C@H](O)CO)O3)[C@@H](O)[C@H](O[C@H]3[C@H](O)[C@@H](O)[C@H](O)O[C@@H]3CO)O[C@@H]2CO)O[C@H](CO)[C@H](O)[C@@H]1O[C@@H]1O[C@H](CO)[C@H](O)[C@H](O)[C@H]1O. The number of aliphatic hydroxyl groups excluding tert-OH is 17. The van der Waals surface area contributed by atoms with E-state index in [1.165, 1.54) is 0 Å². The van der Waals surface area contributed by atoms with Crippen LogP contribution in [0.5, 0.6) is 0 Å². The lowest BCUT2D eigenvalue weighted by Gasteiger charge is -2.52. The van der Waals surface area contributed by atoms with Crippen molar-refractivity contribution in [3.63, 3.8) is 0 Å². The molecule has 5 rings (SSSR count). The van der Waals surface area contributed by atoms with Crippen LogP contribution in [0.2, 0.25) is 0 Å². The summed E-state index contributed by atoms with van der Waals surface area (Å²) in [5.74, 6) is -7.72. The quantitative estimate of drug-likeness (QED) is 0.0571. The number of aliphatic carboxylic acids is 1. The number of carbonyl (C=O) groups is 3. The van der Waals surface area contributed by atoms with Gasteiger partial charge in [0.05, 0.1) is 45.2 Å². The average molecular weight is 1010 g/mol. The third-order valence-electron chi connectivity index (χ3n) is 12.2. The number of ether oxygens (including phenoxy) is 9. The fourth-order valence-electron chi connectivity index (χ4n) is 8.53. The molecule has 20 N–H and O–H groups in total. The monoisotopic (exact) mass is 1010 g/mol. The van der Waals surface area contributed by atoms with Gasteiger partial charge < -0.3 is 145 Å². The fraction of sp³-hybridized carbons (Fsp3) is 0.919. The summed E-state index contributed by atoms with van der Waals surface area (Å²) in [7, 11) is 0. The van der Waals surface area contributed by atoms with Crippen LogP contribution in [0, 0.1) is 0 Å². The minimum atomic E-state index is -3.39. The van der Waals surface area contributed by atoms with Crippen LogP contribution in [0.4, 0.5) is 0 Å². The van der Waals surface area contributed by atoms with Crippen molar-refractivity contribution in [2.45, 2.75) is 172 Å². The zero-order chi connectivity index (χ0) is 51.4. The lowest BCUT2D eigenvalue weighted by Crippen LogP contribution is -2.72. The van der Waals surface area contributed by atoms with Gasteiger partial charge in [0, 0.05) is 13.3 Å². The molecule has 5 saturated heterocycles. The molecule has 0 unspecified atom stereocenters. The molecule has 32 nitrogen and oxygen atoms in total. The molecular weight excluding hydrogens is 952 g/mol. The van der Waals surface area contributed by atoms with Crippen LogP contribution in [0.3, 0.4) is 0 Å².